The lowest BCUT2D eigenvalue weighted by Gasteiger charge is -2.38. The van der Waals surface area contributed by atoms with Gasteiger partial charge < -0.3 is 18.8 Å². The van der Waals surface area contributed by atoms with E-state index in [1.54, 1.807) is 24.3 Å². The predicted octanol–water partition coefficient (Wildman–Crippen LogP) is 3.49. The summed E-state index contributed by atoms with van der Waals surface area (Å²) in [5.74, 6) is 0.269. The highest BCUT2D eigenvalue weighted by atomic mass is 35.5. The van der Waals surface area contributed by atoms with Gasteiger partial charge in [0, 0.05) is 23.6 Å². The first-order chi connectivity index (χ1) is 11.7. The van der Waals surface area contributed by atoms with E-state index in [1.807, 2.05) is 11.8 Å². The molecule has 0 bridgehead atoms. The van der Waals surface area contributed by atoms with Crippen molar-refractivity contribution in [2.75, 3.05) is 19.8 Å². The summed E-state index contributed by atoms with van der Waals surface area (Å²) in [6, 6.07) is 7.18. The molecule has 0 spiro atoms. The number of rotatable bonds is 3. The van der Waals surface area contributed by atoms with Gasteiger partial charge in [-0.25, -0.2) is 0 Å². The number of amides is 1. The molecule has 2 fully saturated rings. The van der Waals surface area contributed by atoms with Crippen LogP contribution in [0.15, 0.2) is 28.7 Å². The molecule has 2 heterocycles. The van der Waals surface area contributed by atoms with Crippen LogP contribution in [0, 0.1) is 0 Å². The highest BCUT2D eigenvalue weighted by Crippen LogP contribution is 2.33. The number of nitrogens with zero attached hydrogens (tertiary/aromatic N) is 1. The summed E-state index contributed by atoms with van der Waals surface area (Å²) in [5, 5.41) is 1.47. The fourth-order valence-electron chi connectivity index (χ4n) is 3.82. The molecule has 1 amide bonds. The number of ether oxygens (including phenoxy) is 2. The molecule has 1 aliphatic carbocycles. The summed E-state index contributed by atoms with van der Waals surface area (Å²) >= 11 is 6.01. The second kappa shape index (κ2) is 6.39. The standard InChI is InChI=1S/C18H20ClNO4/c1-2-22-15-6-4-13-17(15)23-8-7-20(13)18(21)16-10-11-9-12(19)3-5-14(11)24-16/h3,5,9-10,13,15,17H,2,4,6-8H2,1H3/t13-,15-,17+/m0/s1. The number of carbonyl (C=O) groups excluding carboxylic acids is 1. The number of hydrogen-bond acceptors (Lipinski definition) is 4. The number of hydrogen-bond donors (Lipinski definition) is 0. The van der Waals surface area contributed by atoms with Gasteiger partial charge >= 0.3 is 0 Å². The third-order valence-corrected chi connectivity index (χ3v) is 5.10. The van der Waals surface area contributed by atoms with Gasteiger partial charge in [0.15, 0.2) is 5.76 Å². The highest BCUT2D eigenvalue weighted by molar-refractivity contribution is 6.31. The first-order valence-corrected chi connectivity index (χ1v) is 8.78. The molecule has 1 saturated heterocycles. The second-order valence-electron chi connectivity index (χ2n) is 6.27. The Labute approximate surface area is 145 Å². The van der Waals surface area contributed by atoms with E-state index in [9.17, 15) is 4.79 Å². The Morgan fingerprint density at radius 2 is 2.25 bits per heavy atom. The van der Waals surface area contributed by atoms with Crippen molar-refractivity contribution in [2.45, 2.75) is 38.0 Å². The molecule has 2 aromatic rings. The molecule has 1 saturated carbocycles. The fourth-order valence-corrected chi connectivity index (χ4v) is 4.00. The third-order valence-electron chi connectivity index (χ3n) is 4.87. The van der Waals surface area contributed by atoms with Gasteiger partial charge in [-0.2, -0.15) is 0 Å². The zero-order valence-electron chi connectivity index (χ0n) is 13.5. The van der Waals surface area contributed by atoms with Gasteiger partial charge in [-0.1, -0.05) is 11.6 Å². The molecular formula is C18H20ClNO4. The van der Waals surface area contributed by atoms with Gasteiger partial charge in [0.1, 0.15) is 11.7 Å². The van der Waals surface area contributed by atoms with Gasteiger partial charge in [-0.05, 0) is 44.0 Å². The molecule has 1 aromatic carbocycles. The molecule has 0 N–H and O–H groups in total. The van der Waals surface area contributed by atoms with Crippen LogP contribution in [0.25, 0.3) is 11.0 Å². The van der Waals surface area contributed by atoms with E-state index >= 15 is 0 Å². The first kappa shape index (κ1) is 15.9. The molecule has 5 nitrogen and oxygen atoms in total. The van der Waals surface area contributed by atoms with E-state index in [1.165, 1.54) is 0 Å². The van der Waals surface area contributed by atoms with Gasteiger partial charge in [-0.15, -0.1) is 0 Å². The molecule has 6 heteroatoms. The minimum Gasteiger partial charge on any atom is -0.451 e. The van der Waals surface area contributed by atoms with Crippen molar-refractivity contribution in [2.24, 2.45) is 0 Å². The Bertz CT molecular complexity index is 759. The monoisotopic (exact) mass is 349 g/mol. The van der Waals surface area contributed by atoms with Gasteiger partial charge in [-0.3, -0.25) is 4.79 Å². The van der Waals surface area contributed by atoms with Crippen molar-refractivity contribution in [3.8, 4) is 0 Å². The van der Waals surface area contributed by atoms with Crippen molar-refractivity contribution in [3.05, 3.63) is 35.0 Å². The maximum atomic E-state index is 13.0. The summed E-state index contributed by atoms with van der Waals surface area (Å²) in [6.07, 6.45) is 1.85. The zero-order valence-corrected chi connectivity index (χ0v) is 14.3. The van der Waals surface area contributed by atoms with Gasteiger partial charge in [0.2, 0.25) is 0 Å². The lowest BCUT2D eigenvalue weighted by atomic mass is 10.1. The Morgan fingerprint density at radius 1 is 1.38 bits per heavy atom. The van der Waals surface area contributed by atoms with E-state index < -0.39 is 0 Å². The van der Waals surface area contributed by atoms with Crippen molar-refractivity contribution in [1.29, 1.82) is 0 Å². The van der Waals surface area contributed by atoms with Crippen molar-refractivity contribution in [1.82, 2.24) is 4.90 Å². The maximum Gasteiger partial charge on any atom is 0.290 e. The van der Waals surface area contributed by atoms with E-state index in [2.05, 4.69) is 0 Å². The largest absolute Gasteiger partial charge is 0.451 e. The molecule has 128 valence electrons. The quantitative estimate of drug-likeness (QED) is 0.851. The number of furan rings is 1. The average Bonchev–Trinajstić information content (AvgIpc) is 3.18. The number of morpholine rings is 1. The van der Waals surface area contributed by atoms with E-state index in [0.717, 1.165) is 18.2 Å². The Morgan fingerprint density at radius 3 is 3.08 bits per heavy atom. The van der Waals surface area contributed by atoms with Crippen LogP contribution >= 0.6 is 11.6 Å². The smallest absolute Gasteiger partial charge is 0.290 e. The molecule has 24 heavy (non-hydrogen) atoms. The molecule has 2 aliphatic rings. The minimum absolute atomic E-state index is 0.0403. The zero-order chi connectivity index (χ0) is 16.7. The summed E-state index contributed by atoms with van der Waals surface area (Å²) in [5.41, 5.74) is 0.672. The van der Waals surface area contributed by atoms with Crippen LogP contribution < -0.4 is 0 Å². The predicted molar refractivity (Wildman–Crippen MR) is 90.4 cm³/mol. The topological polar surface area (TPSA) is 51.9 Å². The lowest BCUT2D eigenvalue weighted by Crippen LogP contribution is -2.53. The normalized spacial score (nSPS) is 26.8. The molecule has 0 unspecified atom stereocenters. The molecule has 0 radical (unpaired) electrons. The number of benzene rings is 1. The third kappa shape index (κ3) is 2.70. The van der Waals surface area contributed by atoms with E-state index in [0.29, 0.717) is 36.1 Å². The number of fused-ring (bicyclic) bond motifs is 2. The summed E-state index contributed by atoms with van der Waals surface area (Å²) in [4.78, 5) is 14.8. The van der Waals surface area contributed by atoms with Crippen molar-refractivity contribution >= 4 is 28.5 Å². The van der Waals surface area contributed by atoms with Gasteiger partial charge in [0.05, 0.1) is 18.8 Å². The minimum atomic E-state index is -0.0854. The van der Waals surface area contributed by atoms with Gasteiger partial charge in [0.25, 0.3) is 5.91 Å². The maximum absolute atomic E-state index is 13.0. The molecule has 1 aliphatic heterocycles. The van der Waals surface area contributed by atoms with Crippen LogP contribution in [-0.2, 0) is 9.47 Å². The molecule has 1 aromatic heterocycles. The van der Waals surface area contributed by atoms with Crippen LogP contribution in [0.5, 0.6) is 0 Å². The van der Waals surface area contributed by atoms with Crippen molar-refractivity contribution < 1.29 is 18.7 Å². The second-order valence-corrected chi connectivity index (χ2v) is 6.70. The first-order valence-electron chi connectivity index (χ1n) is 8.40. The van der Waals surface area contributed by atoms with Crippen LogP contribution in [0.1, 0.15) is 30.3 Å². The Kier molecular flexibility index (Phi) is 4.24. The molecule has 4 rings (SSSR count). The van der Waals surface area contributed by atoms with E-state index in [-0.39, 0.29) is 24.2 Å². The SMILES string of the molecule is CCO[C@H]1CC[C@H]2[C@H]1OCCN2C(=O)c1cc2cc(Cl)ccc2o1. The summed E-state index contributed by atoms with van der Waals surface area (Å²) in [7, 11) is 0. The number of halogens is 1. The van der Waals surface area contributed by atoms with Crippen molar-refractivity contribution in [3.63, 3.8) is 0 Å². The van der Waals surface area contributed by atoms with E-state index in [4.69, 9.17) is 25.5 Å². The van der Waals surface area contributed by atoms with Crippen LogP contribution in [0.2, 0.25) is 5.02 Å². The Hall–Kier alpha value is -1.56. The summed E-state index contributed by atoms with van der Waals surface area (Å²) in [6.45, 7) is 3.76. The molecular weight excluding hydrogens is 330 g/mol. The van der Waals surface area contributed by atoms with Crippen LogP contribution in [0.3, 0.4) is 0 Å². The Balaban J connectivity index is 1.58. The average molecular weight is 350 g/mol. The fraction of sp³-hybridized carbons (Fsp3) is 0.500. The van der Waals surface area contributed by atoms with Crippen LogP contribution in [-0.4, -0.2) is 48.8 Å². The lowest BCUT2D eigenvalue weighted by molar-refractivity contribution is -0.103. The van der Waals surface area contributed by atoms with Crippen LogP contribution in [0.4, 0.5) is 0 Å². The molecule has 3 atom stereocenters. The number of carbonyl (C=O) groups is 1. The highest BCUT2D eigenvalue weighted by Gasteiger charge is 2.45. The summed E-state index contributed by atoms with van der Waals surface area (Å²) < 4.78 is 17.4.